The fraction of sp³-hybridized carbons (Fsp3) is 0.611. The smallest absolute Gasteiger partial charge is 0.223 e. The van der Waals surface area contributed by atoms with Gasteiger partial charge in [0.05, 0.1) is 13.2 Å². The zero-order valence-electron chi connectivity index (χ0n) is 13.9. The number of hydrogen-bond acceptors (Lipinski definition) is 4. The van der Waals surface area contributed by atoms with Crippen molar-refractivity contribution in [2.75, 3.05) is 38.3 Å². The quantitative estimate of drug-likeness (QED) is 0.792. The molecule has 0 radical (unpaired) electrons. The monoisotopic (exact) mass is 337 g/mol. The molecule has 0 aliphatic carbocycles. The number of para-hydroxylation sites is 1. The number of carbonyl (C=O) groups excluding carboxylic acids is 1. The highest BCUT2D eigenvalue weighted by atomic mass is 32.2. The Kier molecular flexibility index (Phi) is 7.24. The van der Waals surface area contributed by atoms with Crippen LogP contribution in [0.4, 0.5) is 0 Å². The number of rotatable bonds is 8. The normalized spacial score (nSPS) is 21.2. The Bertz CT molecular complexity index is 482. The minimum absolute atomic E-state index is 0.109. The lowest BCUT2D eigenvalue weighted by molar-refractivity contribution is -0.135. The number of thioether (sulfide) groups is 1. The summed E-state index contributed by atoms with van der Waals surface area (Å²) in [6.45, 7) is 2.14. The SMILES string of the molecule is CSCCC(=O)N1CCC[C@@](CO)(CCOc2ccccc2)C1. The number of nitrogens with zero attached hydrogens (tertiary/aromatic N) is 1. The minimum Gasteiger partial charge on any atom is -0.494 e. The molecular formula is C18H27NO3S. The predicted molar refractivity (Wildman–Crippen MR) is 94.9 cm³/mol. The van der Waals surface area contributed by atoms with Gasteiger partial charge in [0.1, 0.15) is 5.75 Å². The molecule has 0 unspecified atom stereocenters. The van der Waals surface area contributed by atoms with Gasteiger partial charge in [-0.1, -0.05) is 18.2 Å². The van der Waals surface area contributed by atoms with Crippen molar-refractivity contribution in [2.45, 2.75) is 25.7 Å². The van der Waals surface area contributed by atoms with E-state index < -0.39 is 0 Å². The lowest BCUT2D eigenvalue weighted by atomic mass is 9.78. The third-order valence-electron chi connectivity index (χ3n) is 4.51. The van der Waals surface area contributed by atoms with Crippen molar-refractivity contribution in [2.24, 2.45) is 5.41 Å². The van der Waals surface area contributed by atoms with Crippen LogP contribution in [0, 0.1) is 5.41 Å². The zero-order valence-corrected chi connectivity index (χ0v) is 14.7. The molecule has 5 heteroatoms. The predicted octanol–water partition coefficient (Wildman–Crippen LogP) is 2.81. The van der Waals surface area contributed by atoms with E-state index in [9.17, 15) is 9.90 Å². The van der Waals surface area contributed by atoms with E-state index in [1.54, 1.807) is 11.8 Å². The van der Waals surface area contributed by atoms with E-state index >= 15 is 0 Å². The zero-order chi connectivity index (χ0) is 16.5. The molecule has 1 saturated heterocycles. The van der Waals surface area contributed by atoms with Gasteiger partial charge >= 0.3 is 0 Å². The second-order valence-corrected chi connectivity index (χ2v) is 7.22. The Morgan fingerprint density at radius 2 is 2.17 bits per heavy atom. The van der Waals surface area contributed by atoms with Crippen molar-refractivity contribution < 1.29 is 14.6 Å². The Balaban J connectivity index is 1.87. The maximum atomic E-state index is 12.3. The third kappa shape index (κ3) is 5.43. The van der Waals surface area contributed by atoms with Crippen LogP contribution >= 0.6 is 11.8 Å². The molecule has 4 nitrogen and oxygen atoms in total. The van der Waals surface area contributed by atoms with Crippen molar-refractivity contribution in [1.82, 2.24) is 4.90 Å². The minimum atomic E-state index is -0.220. The highest BCUT2D eigenvalue weighted by molar-refractivity contribution is 7.98. The molecule has 1 aromatic carbocycles. The summed E-state index contributed by atoms with van der Waals surface area (Å²) in [7, 11) is 0. The van der Waals surface area contributed by atoms with E-state index in [-0.39, 0.29) is 17.9 Å². The first-order valence-corrected chi connectivity index (χ1v) is 9.64. The molecule has 2 rings (SSSR count). The highest BCUT2D eigenvalue weighted by Gasteiger charge is 2.36. The number of ether oxygens (including phenoxy) is 1. The summed E-state index contributed by atoms with van der Waals surface area (Å²) >= 11 is 1.69. The topological polar surface area (TPSA) is 49.8 Å². The molecular weight excluding hydrogens is 310 g/mol. The van der Waals surface area contributed by atoms with Gasteiger partial charge in [-0.15, -0.1) is 0 Å². The van der Waals surface area contributed by atoms with Gasteiger partial charge in [-0.25, -0.2) is 0 Å². The van der Waals surface area contributed by atoms with Crippen molar-refractivity contribution in [3.8, 4) is 5.75 Å². The van der Waals surface area contributed by atoms with E-state index in [1.165, 1.54) is 0 Å². The first-order valence-electron chi connectivity index (χ1n) is 8.24. The molecule has 1 atom stereocenters. The number of aliphatic hydroxyl groups excluding tert-OH is 1. The number of likely N-dealkylation sites (tertiary alicyclic amines) is 1. The summed E-state index contributed by atoms with van der Waals surface area (Å²) in [6, 6.07) is 9.73. The second-order valence-electron chi connectivity index (χ2n) is 6.23. The molecule has 0 aromatic heterocycles. The number of carbonyl (C=O) groups is 1. The van der Waals surface area contributed by atoms with Crippen LogP contribution in [0.1, 0.15) is 25.7 Å². The van der Waals surface area contributed by atoms with Crippen LogP contribution in [0.15, 0.2) is 30.3 Å². The molecule has 1 fully saturated rings. The maximum Gasteiger partial charge on any atom is 0.223 e. The third-order valence-corrected chi connectivity index (χ3v) is 5.13. The van der Waals surface area contributed by atoms with Gasteiger partial charge in [0, 0.05) is 30.7 Å². The largest absolute Gasteiger partial charge is 0.494 e. The number of benzene rings is 1. The van der Waals surface area contributed by atoms with Crippen molar-refractivity contribution in [1.29, 1.82) is 0 Å². The maximum absolute atomic E-state index is 12.3. The summed E-state index contributed by atoms with van der Waals surface area (Å²) in [5.41, 5.74) is -0.220. The lowest BCUT2D eigenvalue weighted by Gasteiger charge is -2.42. The molecule has 1 amide bonds. The van der Waals surface area contributed by atoms with Crippen LogP contribution in [-0.2, 0) is 4.79 Å². The molecule has 23 heavy (non-hydrogen) atoms. The summed E-state index contributed by atoms with van der Waals surface area (Å²) in [5, 5.41) is 9.92. The molecule has 1 heterocycles. The van der Waals surface area contributed by atoms with Gasteiger partial charge in [-0.2, -0.15) is 11.8 Å². The number of amides is 1. The van der Waals surface area contributed by atoms with Crippen LogP contribution in [0.2, 0.25) is 0 Å². The van der Waals surface area contributed by atoms with Crippen LogP contribution in [-0.4, -0.2) is 54.2 Å². The molecule has 0 bridgehead atoms. The number of aliphatic hydroxyl groups is 1. The van der Waals surface area contributed by atoms with E-state index in [2.05, 4.69) is 0 Å². The first kappa shape index (κ1) is 18.1. The number of hydrogen-bond donors (Lipinski definition) is 1. The Hall–Kier alpha value is -1.20. The van der Waals surface area contributed by atoms with Gasteiger partial charge < -0.3 is 14.7 Å². The average Bonchev–Trinajstić information content (AvgIpc) is 2.61. The van der Waals surface area contributed by atoms with E-state index in [0.717, 1.165) is 37.3 Å². The summed E-state index contributed by atoms with van der Waals surface area (Å²) in [4.78, 5) is 14.2. The van der Waals surface area contributed by atoms with Gasteiger partial charge in [-0.05, 0) is 37.7 Å². The molecule has 128 valence electrons. The summed E-state index contributed by atoms with van der Waals surface area (Å²) in [5.74, 6) is 1.92. The summed E-state index contributed by atoms with van der Waals surface area (Å²) in [6.07, 6.45) is 5.28. The highest BCUT2D eigenvalue weighted by Crippen LogP contribution is 2.33. The first-order chi connectivity index (χ1) is 11.2. The molecule has 1 aliphatic rings. The van der Waals surface area contributed by atoms with Crippen LogP contribution in [0.5, 0.6) is 5.75 Å². The molecule has 0 spiro atoms. The Morgan fingerprint density at radius 1 is 1.39 bits per heavy atom. The second kappa shape index (κ2) is 9.18. The van der Waals surface area contributed by atoms with Crippen LogP contribution in [0.3, 0.4) is 0 Å². The fourth-order valence-corrected chi connectivity index (χ4v) is 3.46. The van der Waals surface area contributed by atoms with E-state index in [4.69, 9.17) is 4.74 Å². The van der Waals surface area contributed by atoms with Crippen molar-refractivity contribution >= 4 is 17.7 Å². The van der Waals surface area contributed by atoms with E-state index in [0.29, 0.717) is 19.6 Å². The number of piperidine rings is 1. The van der Waals surface area contributed by atoms with Crippen LogP contribution < -0.4 is 4.74 Å². The van der Waals surface area contributed by atoms with Gasteiger partial charge in [0.2, 0.25) is 5.91 Å². The standard InChI is InChI=1S/C18H27NO3S/c1-23-13-8-17(21)19-11-5-9-18(14-19,15-20)10-12-22-16-6-3-2-4-7-16/h2-4,6-7,20H,5,8-15H2,1H3/t18-/m1/s1. The van der Waals surface area contributed by atoms with Gasteiger partial charge in [0.15, 0.2) is 0 Å². The molecule has 1 aromatic rings. The molecule has 0 saturated carbocycles. The van der Waals surface area contributed by atoms with Gasteiger partial charge in [0.25, 0.3) is 0 Å². The molecule has 1 N–H and O–H groups in total. The van der Waals surface area contributed by atoms with Crippen molar-refractivity contribution in [3.05, 3.63) is 30.3 Å². The average molecular weight is 337 g/mol. The Labute approximate surface area is 143 Å². The fourth-order valence-electron chi connectivity index (χ4n) is 3.08. The van der Waals surface area contributed by atoms with E-state index in [1.807, 2.05) is 41.5 Å². The van der Waals surface area contributed by atoms with Crippen LogP contribution in [0.25, 0.3) is 0 Å². The van der Waals surface area contributed by atoms with Crippen molar-refractivity contribution in [3.63, 3.8) is 0 Å². The molecule has 1 aliphatic heterocycles. The van der Waals surface area contributed by atoms with Gasteiger partial charge in [-0.3, -0.25) is 4.79 Å². The Morgan fingerprint density at radius 3 is 2.87 bits per heavy atom. The summed E-state index contributed by atoms with van der Waals surface area (Å²) < 4.78 is 5.78. The lowest BCUT2D eigenvalue weighted by Crippen LogP contribution is -2.48.